The molecule has 134 valence electrons. The van der Waals surface area contributed by atoms with Crippen LogP contribution in [0.25, 0.3) is 22.1 Å². The molecule has 0 atom stereocenters. The van der Waals surface area contributed by atoms with Crippen molar-refractivity contribution in [1.29, 1.82) is 0 Å². The van der Waals surface area contributed by atoms with Crippen LogP contribution in [0.5, 0.6) is 0 Å². The molecular weight excluding hydrogens is 334 g/mol. The van der Waals surface area contributed by atoms with Gasteiger partial charge in [-0.05, 0) is 35.7 Å². The molecule has 0 aliphatic heterocycles. The number of hydrogen-bond acceptors (Lipinski definition) is 3. The Morgan fingerprint density at radius 3 is 2.37 bits per heavy atom. The van der Waals surface area contributed by atoms with Gasteiger partial charge in [0.1, 0.15) is 5.58 Å². The number of benzene rings is 3. The van der Waals surface area contributed by atoms with Crippen LogP contribution in [0, 0.1) is 6.92 Å². The first-order chi connectivity index (χ1) is 13.1. The first-order valence-electron chi connectivity index (χ1n) is 9.01. The van der Waals surface area contributed by atoms with E-state index in [-0.39, 0.29) is 5.63 Å². The second kappa shape index (κ2) is 7.12. The molecule has 4 rings (SSSR count). The maximum atomic E-state index is 12.2. The van der Waals surface area contributed by atoms with Gasteiger partial charge in [0, 0.05) is 42.4 Å². The van der Waals surface area contributed by atoms with Gasteiger partial charge in [0.25, 0.3) is 0 Å². The topological polar surface area (TPSA) is 33.5 Å². The first kappa shape index (κ1) is 17.1. The van der Waals surface area contributed by atoms with Crippen LogP contribution >= 0.6 is 0 Å². The summed E-state index contributed by atoms with van der Waals surface area (Å²) in [6, 6.07) is 26.0. The van der Waals surface area contributed by atoms with Crippen LogP contribution in [-0.2, 0) is 6.54 Å². The second-order valence-corrected chi connectivity index (χ2v) is 6.82. The Hall–Kier alpha value is -3.33. The fourth-order valence-electron chi connectivity index (χ4n) is 3.44. The summed E-state index contributed by atoms with van der Waals surface area (Å²) in [5, 5.41) is 0.945. The molecule has 0 fully saturated rings. The Morgan fingerprint density at radius 1 is 0.852 bits per heavy atom. The van der Waals surface area contributed by atoms with Crippen LogP contribution in [0.4, 0.5) is 5.69 Å². The van der Waals surface area contributed by atoms with Crippen molar-refractivity contribution in [2.24, 2.45) is 0 Å². The van der Waals surface area contributed by atoms with Crippen LogP contribution in [0.3, 0.4) is 0 Å². The van der Waals surface area contributed by atoms with Crippen LogP contribution in [0.2, 0.25) is 0 Å². The van der Waals surface area contributed by atoms with Gasteiger partial charge in [0.2, 0.25) is 0 Å². The van der Waals surface area contributed by atoms with E-state index in [1.807, 2.05) is 55.6 Å². The summed E-state index contributed by atoms with van der Waals surface area (Å²) < 4.78 is 5.52. The van der Waals surface area contributed by atoms with Crippen molar-refractivity contribution in [2.75, 3.05) is 11.9 Å². The molecule has 4 aromatic rings. The Labute approximate surface area is 158 Å². The van der Waals surface area contributed by atoms with Gasteiger partial charge in [-0.25, -0.2) is 4.79 Å². The third-order valence-corrected chi connectivity index (χ3v) is 4.87. The highest BCUT2D eigenvalue weighted by molar-refractivity contribution is 5.95. The van der Waals surface area contributed by atoms with Gasteiger partial charge in [-0.1, -0.05) is 54.6 Å². The normalized spacial score (nSPS) is 10.9. The summed E-state index contributed by atoms with van der Waals surface area (Å²) in [4.78, 5) is 14.3. The third-order valence-electron chi connectivity index (χ3n) is 4.87. The monoisotopic (exact) mass is 355 g/mol. The number of fused-ring (bicyclic) bond motifs is 1. The van der Waals surface area contributed by atoms with Gasteiger partial charge in [0.05, 0.1) is 0 Å². The van der Waals surface area contributed by atoms with E-state index < -0.39 is 0 Å². The zero-order valence-electron chi connectivity index (χ0n) is 15.5. The summed E-state index contributed by atoms with van der Waals surface area (Å²) in [5.41, 5.74) is 5.63. The van der Waals surface area contributed by atoms with E-state index in [0.29, 0.717) is 5.58 Å². The summed E-state index contributed by atoms with van der Waals surface area (Å²) in [6.07, 6.45) is 0. The minimum Gasteiger partial charge on any atom is -0.423 e. The molecule has 0 aliphatic rings. The summed E-state index contributed by atoms with van der Waals surface area (Å²) in [6.45, 7) is 2.84. The molecule has 1 aromatic heterocycles. The molecule has 0 N–H and O–H groups in total. The number of rotatable bonds is 4. The first-order valence-corrected chi connectivity index (χ1v) is 9.01. The SMILES string of the molecule is Cc1ccccc1-c1cc(=O)oc2cc(N(C)Cc3ccccc3)ccc12. The van der Waals surface area contributed by atoms with Crippen molar-refractivity contribution < 1.29 is 4.42 Å². The molecule has 0 saturated carbocycles. The highest BCUT2D eigenvalue weighted by Gasteiger charge is 2.11. The number of anilines is 1. The Morgan fingerprint density at radius 2 is 1.59 bits per heavy atom. The van der Waals surface area contributed by atoms with E-state index in [1.54, 1.807) is 6.07 Å². The number of hydrogen-bond donors (Lipinski definition) is 0. The largest absolute Gasteiger partial charge is 0.423 e. The average Bonchev–Trinajstić information content (AvgIpc) is 2.68. The summed E-state index contributed by atoms with van der Waals surface area (Å²) >= 11 is 0. The van der Waals surface area contributed by atoms with Gasteiger partial charge in [-0.2, -0.15) is 0 Å². The second-order valence-electron chi connectivity index (χ2n) is 6.82. The summed E-state index contributed by atoms with van der Waals surface area (Å²) in [7, 11) is 2.04. The fourth-order valence-corrected chi connectivity index (χ4v) is 3.44. The van der Waals surface area contributed by atoms with Crippen molar-refractivity contribution in [1.82, 2.24) is 0 Å². The van der Waals surface area contributed by atoms with Gasteiger partial charge in [0.15, 0.2) is 0 Å². The molecule has 0 radical (unpaired) electrons. The minimum atomic E-state index is -0.330. The molecule has 0 amide bonds. The highest BCUT2D eigenvalue weighted by atomic mass is 16.4. The van der Waals surface area contributed by atoms with Crippen molar-refractivity contribution in [2.45, 2.75) is 13.5 Å². The molecule has 0 spiro atoms. The molecular formula is C24H21NO2. The lowest BCUT2D eigenvalue weighted by Crippen LogP contribution is -2.16. The van der Waals surface area contributed by atoms with Gasteiger partial charge < -0.3 is 9.32 Å². The summed E-state index contributed by atoms with van der Waals surface area (Å²) in [5.74, 6) is 0. The van der Waals surface area contributed by atoms with Gasteiger partial charge in [-0.15, -0.1) is 0 Å². The molecule has 0 aliphatic carbocycles. The van der Waals surface area contributed by atoms with E-state index >= 15 is 0 Å². The van der Waals surface area contributed by atoms with Crippen LogP contribution in [0.15, 0.2) is 88.1 Å². The zero-order valence-corrected chi connectivity index (χ0v) is 15.5. The van der Waals surface area contributed by atoms with Gasteiger partial charge in [-0.3, -0.25) is 0 Å². The van der Waals surface area contributed by atoms with Gasteiger partial charge >= 0.3 is 5.63 Å². The number of aryl methyl sites for hydroxylation is 1. The molecule has 3 aromatic carbocycles. The van der Waals surface area contributed by atoms with Crippen molar-refractivity contribution in [3.05, 3.63) is 100 Å². The minimum absolute atomic E-state index is 0.330. The zero-order chi connectivity index (χ0) is 18.8. The third kappa shape index (κ3) is 3.49. The van der Waals surface area contributed by atoms with E-state index in [0.717, 1.165) is 34.3 Å². The number of nitrogens with zero attached hydrogens (tertiary/aromatic N) is 1. The van der Waals surface area contributed by atoms with Crippen molar-refractivity contribution in [3.8, 4) is 11.1 Å². The molecule has 1 heterocycles. The van der Waals surface area contributed by atoms with E-state index in [9.17, 15) is 4.79 Å². The molecule has 3 heteroatoms. The molecule has 0 bridgehead atoms. The molecule has 0 saturated heterocycles. The predicted molar refractivity (Wildman–Crippen MR) is 111 cm³/mol. The van der Waals surface area contributed by atoms with E-state index in [2.05, 4.69) is 36.1 Å². The smallest absolute Gasteiger partial charge is 0.336 e. The molecule has 27 heavy (non-hydrogen) atoms. The fraction of sp³-hybridized carbons (Fsp3) is 0.125. The van der Waals surface area contributed by atoms with Crippen LogP contribution < -0.4 is 10.5 Å². The van der Waals surface area contributed by atoms with E-state index in [1.165, 1.54) is 5.56 Å². The van der Waals surface area contributed by atoms with E-state index in [4.69, 9.17) is 4.42 Å². The maximum absolute atomic E-state index is 12.2. The quantitative estimate of drug-likeness (QED) is 0.459. The maximum Gasteiger partial charge on any atom is 0.336 e. The van der Waals surface area contributed by atoms with Crippen molar-refractivity contribution >= 4 is 16.7 Å². The predicted octanol–water partition coefficient (Wildman–Crippen LogP) is 5.40. The van der Waals surface area contributed by atoms with Crippen molar-refractivity contribution in [3.63, 3.8) is 0 Å². The Kier molecular flexibility index (Phi) is 4.51. The lowest BCUT2D eigenvalue weighted by molar-refractivity contribution is 0.561. The molecule has 3 nitrogen and oxygen atoms in total. The average molecular weight is 355 g/mol. The highest BCUT2D eigenvalue weighted by Crippen LogP contribution is 2.31. The molecule has 0 unspecified atom stereocenters. The lowest BCUT2D eigenvalue weighted by Gasteiger charge is -2.20. The lowest BCUT2D eigenvalue weighted by atomic mass is 9.98. The standard InChI is InChI=1S/C24H21NO2/c1-17-8-6-7-11-20(17)22-15-24(26)27-23-14-19(12-13-21(22)23)25(2)16-18-9-4-3-5-10-18/h3-15H,16H2,1-2H3. The Balaban J connectivity index is 1.77. The van der Waals surface area contributed by atoms with Crippen LogP contribution in [-0.4, -0.2) is 7.05 Å². The Bertz CT molecular complexity index is 1150. The van der Waals surface area contributed by atoms with Crippen LogP contribution in [0.1, 0.15) is 11.1 Å².